The standard InChI is InChI=1S/C17H19N3O/c1-3-4-11-21-17-10-9-13(2)12-16(17)20-18-14-7-5-6-8-15(14)19-20/h5-10,12H,3-4,11H2,1-2H3. The van der Waals surface area contributed by atoms with Crippen LogP contribution in [0.4, 0.5) is 0 Å². The SMILES string of the molecule is CCCCOc1ccc(C)cc1-n1nc2ccccc2n1. The highest BCUT2D eigenvalue weighted by atomic mass is 16.5. The Morgan fingerprint density at radius 3 is 2.43 bits per heavy atom. The van der Waals surface area contributed by atoms with Crippen molar-refractivity contribution in [3.63, 3.8) is 0 Å². The minimum absolute atomic E-state index is 0.716. The fourth-order valence-corrected chi connectivity index (χ4v) is 2.20. The van der Waals surface area contributed by atoms with Gasteiger partial charge in [-0.1, -0.05) is 31.5 Å². The van der Waals surface area contributed by atoms with Gasteiger partial charge in [0.25, 0.3) is 0 Å². The van der Waals surface area contributed by atoms with Gasteiger partial charge in [-0.2, -0.15) is 0 Å². The molecule has 0 N–H and O–H groups in total. The molecule has 4 heteroatoms. The van der Waals surface area contributed by atoms with E-state index in [1.54, 1.807) is 4.80 Å². The molecule has 0 unspecified atom stereocenters. The van der Waals surface area contributed by atoms with E-state index in [0.29, 0.717) is 6.61 Å². The van der Waals surface area contributed by atoms with Crippen LogP contribution in [0, 0.1) is 6.92 Å². The summed E-state index contributed by atoms with van der Waals surface area (Å²) >= 11 is 0. The monoisotopic (exact) mass is 281 g/mol. The molecule has 0 radical (unpaired) electrons. The normalized spacial score (nSPS) is 11.0. The molecule has 0 spiro atoms. The zero-order chi connectivity index (χ0) is 14.7. The van der Waals surface area contributed by atoms with Gasteiger partial charge >= 0.3 is 0 Å². The summed E-state index contributed by atoms with van der Waals surface area (Å²) in [5.41, 5.74) is 3.83. The molecular formula is C17H19N3O. The molecule has 1 heterocycles. The Kier molecular flexibility index (Phi) is 3.86. The van der Waals surface area contributed by atoms with Crippen molar-refractivity contribution in [2.24, 2.45) is 0 Å². The predicted molar refractivity (Wildman–Crippen MR) is 84.0 cm³/mol. The van der Waals surface area contributed by atoms with Gasteiger partial charge in [0.2, 0.25) is 0 Å². The Labute approximate surface area is 124 Å². The molecule has 0 saturated carbocycles. The summed E-state index contributed by atoms with van der Waals surface area (Å²) in [6.45, 7) is 4.93. The first-order valence-corrected chi connectivity index (χ1v) is 7.34. The number of ether oxygens (including phenoxy) is 1. The molecule has 3 aromatic rings. The van der Waals surface area contributed by atoms with Crippen molar-refractivity contribution >= 4 is 11.0 Å². The maximum Gasteiger partial charge on any atom is 0.146 e. The number of unbranched alkanes of at least 4 members (excludes halogenated alkanes) is 1. The maximum atomic E-state index is 5.88. The van der Waals surface area contributed by atoms with Crippen molar-refractivity contribution in [3.05, 3.63) is 48.0 Å². The number of benzene rings is 2. The Hall–Kier alpha value is -2.36. The second kappa shape index (κ2) is 5.95. The second-order valence-electron chi connectivity index (χ2n) is 5.15. The van der Waals surface area contributed by atoms with E-state index in [0.717, 1.165) is 40.9 Å². The van der Waals surface area contributed by atoms with Crippen LogP contribution in [-0.4, -0.2) is 21.6 Å². The van der Waals surface area contributed by atoms with E-state index in [2.05, 4.69) is 30.1 Å². The summed E-state index contributed by atoms with van der Waals surface area (Å²) in [7, 11) is 0. The summed E-state index contributed by atoms with van der Waals surface area (Å²) in [5, 5.41) is 9.08. The van der Waals surface area contributed by atoms with Crippen molar-refractivity contribution in [2.75, 3.05) is 6.61 Å². The quantitative estimate of drug-likeness (QED) is 0.666. The molecule has 3 rings (SSSR count). The van der Waals surface area contributed by atoms with Crippen molar-refractivity contribution < 1.29 is 4.74 Å². The summed E-state index contributed by atoms with van der Waals surface area (Å²) in [5.74, 6) is 0.828. The smallest absolute Gasteiger partial charge is 0.146 e. The van der Waals surface area contributed by atoms with Crippen LogP contribution in [0.1, 0.15) is 25.3 Å². The fourth-order valence-electron chi connectivity index (χ4n) is 2.20. The molecule has 2 aromatic carbocycles. The first-order valence-electron chi connectivity index (χ1n) is 7.34. The van der Waals surface area contributed by atoms with Gasteiger partial charge in [0.15, 0.2) is 0 Å². The van der Waals surface area contributed by atoms with E-state index in [1.807, 2.05) is 36.4 Å². The molecule has 0 fully saturated rings. The number of hydrogen-bond donors (Lipinski definition) is 0. The largest absolute Gasteiger partial charge is 0.491 e. The van der Waals surface area contributed by atoms with Crippen molar-refractivity contribution in [1.29, 1.82) is 0 Å². The van der Waals surface area contributed by atoms with E-state index in [4.69, 9.17) is 4.74 Å². The lowest BCUT2D eigenvalue weighted by atomic mass is 10.2. The molecule has 0 atom stereocenters. The van der Waals surface area contributed by atoms with Gasteiger partial charge < -0.3 is 4.74 Å². The minimum Gasteiger partial charge on any atom is -0.491 e. The highest BCUT2D eigenvalue weighted by Crippen LogP contribution is 2.24. The lowest BCUT2D eigenvalue weighted by Crippen LogP contribution is -2.05. The number of hydrogen-bond acceptors (Lipinski definition) is 3. The Morgan fingerprint density at radius 1 is 1.05 bits per heavy atom. The van der Waals surface area contributed by atoms with E-state index in [9.17, 15) is 0 Å². The van der Waals surface area contributed by atoms with E-state index >= 15 is 0 Å². The third kappa shape index (κ3) is 2.89. The molecular weight excluding hydrogens is 262 g/mol. The van der Waals surface area contributed by atoms with Crippen LogP contribution in [0.25, 0.3) is 16.7 Å². The predicted octanol–water partition coefficient (Wildman–Crippen LogP) is 3.91. The van der Waals surface area contributed by atoms with E-state index in [1.165, 1.54) is 0 Å². The average molecular weight is 281 g/mol. The van der Waals surface area contributed by atoms with E-state index in [-0.39, 0.29) is 0 Å². The fraction of sp³-hybridized carbons (Fsp3) is 0.294. The Balaban J connectivity index is 2.00. The molecule has 0 aliphatic rings. The van der Waals surface area contributed by atoms with Crippen LogP contribution < -0.4 is 4.74 Å². The van der Waals surface area contributed by atoms with Gasteiger partial charge in [-0.3, -0.25) is 0 Å². The second-order valence-corrected chi connectivity index (χ2v) is 5.15. The lowest BCUT2D eigenvalue weighted by Gasteiger charge is -2.11. The summed E-state index contributed by atoms with van der Waals surface area (Å²) in [4.78, 5) is 1.67. The average Bonchev–Trinajstić information content (AvgIpc) is 2.92. The molecule has 0 bridgehead atoms. The molecule has 1 aromatic heterocycles. The van der Waals surface area contributed by atoms with Crippen LogP contribution in [0.15, 0.2) is 42.5 Å². The van der Waals surface area contributed by atoms with Gasteiger partial charge in [-0.05, 0) is 43.2 Å². The molecule has 108 valence electrons. The summed E-state index contributed by atoms with van der Waals surface area (Å²) in [6.07, 6.45) is 2.16. The van der Waals surface area contributed by atoms with Gasteiger partial charge in [-0.15, -0.1) is 15.0 Å². The van der Waals surface area contributed by atoms with Crippen LogP contribution >= 0.6 is 0 Å². The maximum absolute atomic E-state index is 5.88. The molecule has 0 aliphatic carbocycles. The summed E-state index contributed by atoms with van der Waals surface area (Å²) in [6, 6.07) is 14.0. The molecule has 21 heavy (non-hydrogen) atoms. The lowest BCUT2D eigenvalue weighted by molar-refractivity contribution is 0.307. The van der Waals surface area contributed by atoms with Crippen LogP contribution in [-0.2, 0) is 0 Å². The van der Waals surface area contributed by atoms with Crippen molar-refractivity contribution in [1.82, 2.24) is 15.0 Å². The number of fused-ring (bicyclic) bond motifs is 1. The van der Waals surface area contributed by atoms with E-state index < -0.39 is 0 Å². The van der Waals surface area contributed by atoms with Crippen LogP contribution in [0.3, 0.4) is 0 Å². The summed E-state index contributed by atoms with van der Waals surface area (Å²) < 4.78 is 5.88. The molecule has 4 nitrogen and oxygen atoms in total. The zero-order valence-corrected chi connectivity index (χ0v) is 12.4. The third-order valence-corrected chi connectivity index (χ3v) is 3.37. The topological polar surface area (TPSA) is 39.9 Å². The van der Waals surface area contributed by atoms with Crippen molar-refractivity contribution in [2.45, 2.75) is 26.7 Å². The van der Waals surface area contributed by atoms with Gasteiger partial charge in [-0.25, -0.2) is 0 Å². The number of rotatable bonds is 5. The minimum atomic E-state index is 0.716. The Morgan fingerprint density at radius 2 is 1.76 bits per heavy atom. The Bertz CT molecular complexity index is 716. The first-order chi connectivity index (χ1) is 10.3. The molecule has 0 aliphatic heterocycles. The highest BCUT2D eigenvalue weighted by Gasteiger charge is 2.10. The van der Waals surface area contributed by atoms with Gasteiger partial charge in [0, 0.05) is 0 Å². The number of nitrogens with zero attached hydrogens (tertiary/aromatic N) is 3. The van der Waals surface area contributed by atoms with Gasteiger partial charge in [0.05, 0.1) is 6.61 Å². The number of aromatic nitrogens is 3. The number of aryl methyl sites for hydroxylation is 1. The third-order valence-electron chi connectivity index (χ3n) is 3.37. The highest BCUT2D eigenvalue weighted by molar-refractivity contribution is 5.73. The van der Waals surface area contributed by atoms with Gasteiger partial charge in [0.1, 0.15) is 22.5 Å². The van der Waals surface area contributed by atoms with Crippen LogP contribution in [0.5, 0.6) is 5.75 Å². The molecule has 0 amide bonds. The first kappa shape index (κ1) is 13.6. The van der Waals surface area contributed by atoms with Crippen LogP contribution in [0.2, 0.25) is 0 Å². The molecule has 0 saturated heterocycles. The van der Waals surface area contributed by atoms with Crippen molar-refractivity contribution in [3.8, 4) is 11.4 Å². The zero-order valence-electron chi connectivity index (χ0n) is 12.4.